The van der Waals surface area contributed by atoms with Crippen molar-refractivity contribution in [1.29, 1.82) is 10.8 Å². The van der Waals surface area contributed by atoms with Crippen LogP contribution in [0.25, 0.3) is 0 Å². The molecule has 1 aromatic rings. The summed E-state index contributed by atoms with van der Waals surface area (Å²) in [7, 11) is 0. The van der Waals surface area contributed by atoms with Gasteiger partial charge < -0.3 is 10.8 Å². The lowest BCUT2D eigenvalue weighted by atomic mass is 9.83. The predicted octanol–water partition coefficient (Wildman–Crippen LogP) is 5.57. The molecular weight excluding hydrogens is 310 g/mol. The standard InChI is InChI=1S/C13H21NO.C6H6N2.C2H6/c1-8(2)9-6-10(13(3,4)5)12(15)11(14)7-9;7-5-3-1-2-4-6(5)8;1-2/h6-8,15H,14H2,1-5H3;1-4,7-8H;1-2H3. The molecule has 0 saturated carbocycles. The molecule has 0 aliphatic heterocycles. The fourth-order valence-corrected chi connectivity index (χ4v) is 2.07. The summed E-state index contributed by atoms with van der Waals surface area (Å²) in [6, 6.07) is 3.91. The number of phenolic OH excluding ortho intramolecular Hbond substituents is 1. The van der Waals surface area contributed by atoms with Crippen molar-refractivity contribution in [2.24, 2.45) is 0 Å². The molecular formula is C21H33N3O. The molecule has 0 spiro atoms. The van der Waals surface area contributed by atoms with Gasteiger partial charge in [0.05, 0.1) is 17.1 Å². The quantitative estimate of drug-likeness (QED) is 0.304. The Bertz CT molecular complexity index is 640. The van der Waals surface area contributed by atoms with Crippen LogP contribution in [0.5, 0.6) is 5.75 Å². The van der Waals surface area contributed by atoms with Crippen LogP contribution in [0.2, 0.25) is 0 Å². The highest BCUT2D eigenvalue weighted by atomic mass is 16.3. The van der Waals surface area contributed by atoms with Gasteiger partial charge in [-0.2, -0.15) is 0 Å². The maximum atomic E-state index is 9.91. The van der Waals surface area contributed by atoms with Gasteiger partial charge in [-0.1, -0.05) is 66.7 Å². The average molecular weight is 344 g/mol. The third kappa shape index (κ3) is 6.96. The molecule has 0 unspecified atom stereocenters. The lowest BCUT2D eigenvalue weighted by Gasteiger charge is -2.23. The molecule has 4 nitrogen and oxygen atoms in total. The number of aromatic hydroxyl groups is 1. The molecule has 0 atom stereocenters. The Morgan fingerprint density at radius 3 is 1.72 bits per heavy atom. The van der Waals surface area contributed by atoms with Gasteiger partial charge in [-0.25, -0.2) is 0 Å². The van der Waals surface area contributed by atoms with Gasteiger partial charge in [0.25, 0.3) is 0 Å². The van der Waals surface area contributed by atoms with Crippen molar-refractivity contribution in [3.05, 3.63) is 47.6 Å². The third-order valence-electron chi connectivity index (χ3n) is 3.56. The minimum Gasteiger partial charge on any atom is -0.505 e. The van der Waals surface area contributed by atoms with Crippen molar-refractivity contribution in [3.63, 3.8) is 0 Å². The first-order chi connectivity index (χ1) is 11.5. The van der Waals surface area contributed by atoms with E-state index in [1.54, 1.807) is 24.3 Å². The zero-order valence-corrected chi connectivity index (χ0v) is 16.6. The first-order valence-corrected chi connectivity index (χ1v) is 8.69. The summed E-state index contributed by atoms with van der Waals surface area (Å²) in [6.45, 7) is 14.5. The molecule has 1 aromatic carbocycles. The largest absolute Gasteiger partial charge is 0.505 e. The van der Waals surface area contributed by atoms with Crippen molar-refractivity contribution in [2.75, 3.05) is 5.73 Å². The molecule has 4 heteroatoms. The van der Waals surface area contributed by atoms with Gasteiger partial charge >= 0.3 is 0 Å². The Morgan fingerprint density at radius 1 is 0.960 bits per heavy atom. The number of benzene rings is 1. The van der Waals surface area contributed by atoms with Gasteiger partial charge in [-0.15, -0.1) is 0 Å². The number of nitrogens with two attached hydrogens (primary N) is 1. The summed E-state index contributed by atoms with van der Waals surface area (Å²) in [5.41, 5.74) is 8.87. The van der Waals surface area contributed by atoms with Crippen LogP contribution < -0.4 is 5.73 Å². The number of nitrogen functional groups attached to an aromatic ring is 1. The molecule has 138 valence electrons. The minimum atomic E-state index is -0.0803. The molecule has 5 N–H and O–H groups in total. The van der Waals surface area contributed by atoms with Crippen LogP contribution in [-0.4, -0.2) is 16.5 Å². The summed E-state index contributed by atoms with van der Waals surface area (Å²) >= 11 is 0. The number of nitrogens with one attached hydrogen (secondary N) is 2. The first kappa shape index (κ1) is 22.6. The summed E-state index contributed by atoms with van der Waals surface area (Å²) < 4.78 is 0. The number of rotatable bonds is 1. The van der Waals surface area contributed by atoms with Crippen LogP contribution in [0.15, 0.2) is 36.4 Å². The number of phenols is 1. The van der Waals surface area contributed by atoms with E-state index in [-0.39, 0.29) is 22.6 Å². The van der Waals surface area contributed by atoms with Gasteiger partial charge in [0.2, 0.25) is 0 Å². The van der Waals surface area contributed by atoms with E-state index in [1.165, 1.54) is 5.56 Å². The maximum Gasteiger partial charge on any atom is 0.142 e. The molecule has 0 fully saturated rings. The molecule has 0 heterocycles. The lowest BCUT2D eigenvalue weighted by Crippen LogP contribution is -2.13. The Kier molecular flexibility index (Phi) is 8.89. The first-order valence-electron chi connectivity index (χ1n) is 8.69. The molecule has 25 heavy (non-hydrogen) atoms. The van der Waals surface area contributed by atoms with Crippen LogP contribution in [0.1, 0.15) is 65.5 Å². The molecule has 2 rings (SSSR count). The van der Waals surface area contributed by atoms with Crippen molar-refractivity contribution in [2.45, 2.75) is 59.8 Å². The molecule has 0 aromatic heterocycles. The van der Waals surface area contributed by atoms with E-state index in [1.807, 2.05) is 19.9 Å². The summed E-state index contributed by atoms with van der Waals surface area (Å²) in [5.74, 6) is 0.654. The number of hydrogen-bond donors (Lipinski definition) is 4. The highest BCUT2D eigenvalue weighted by molar-refractivity contribution is 6.48. The van der Waals surface area contributed by atoms with Crippen LogP contribution in [0.4, 0.5) is 5.69 Å². The van der Waals surface area contributed by atoms with Crippen LogP contribution in [0, 0.1) is 10.8 Å². The summed E-state index contributed by atoms with van der Waals surface area (Å²) in [6.07, 6.45) is 6.70. The fraction of sp³-hybridized carbons (Fsp3) is 0.429. The van der Waals surface area contributed by atoms with E-state index >= 15 is 0 Å². The maximum absolute atomic E-state index is 9.91. The monoisotopic (exact) mass is 343 g/mol. The van der Waals surface area contributed by atoms with E-state index < -0.39 is 0 Å². The molecule has 0 saturated heterocycles. The van der Waals surface area contributed by atoms with Crippen LogP contribution in [-0.2, 0) is 5.41 Å². The highest BCUT2D eigenvalue weighted by Gasteiger charge is 2.21. The van der Waals surface area contributed by atoms with Gasteiger partial charge in [0, 0.05) is 5.56 Å². The topological polar surface area (TPSA) is 93.9 Å². The minimum absolute atomic E-state index is 0.0803. The summed E-state index contributed by atoms with van der Waals surface area (Å²) in [4.78, 5) is 0. The predicted molar refractivity (Wildman–Crippen MR) is 110 cm³/mol. The summed E-state index contributed by atoms with van der Waals surface area (Å²) in [5, 5.41) is 24.0. The molecule has 1 aliphatic rings. The molecule has 0 radical (unpaired) electrons. The third-order valence-corrected chi connectivity index (χ3v) is 3.56. The second kappa shape index (κ2) is 9.82. The number of anilines is 1. The van der Waals surface area contributed by atoms with Crippen molar-refractivity contribution >= 4 is 17.1 Å². The van der Waals surface area contributed by atoms with Crippen molar-refractivity contribution < 1.29 is 5.11 Å². The molecule has 0 amide bonds. The van der Waals surface area contributed by atoms with Crippen LogP contribution >= 0.6 is 0 Å². The SMILES string of the molecule is CC.CC(C)c1cc(N)c(O)c(C(C)(C)C)c1.N=C1C=CC=CC1=N. The van der Waals surface area contributed by atoms with Gasteiger partial charge in [-0.3, -0.25) is 10.8 Å². The Labute approximate surface area is 152 Å². The zero-order chi connectivity index (χ0) is 19.8. The van der Waals surface area contributed by atoms with Crippen molar-refractivity contribution in [1.82, 2.24) is 0 Å². The van der Waals surface area contributed by atoms with E-state index in [4.69, 9.17) is 16.6 Å². The smallest absolute Gasteiger partial charge is 0.142 e. The van der Waals surface area contributed by atoms with Crippen molar-refractivity contribution in [3.8, 4) is 5.75 Å². The average Bonchev–Trinajstić information content (AvgIpc) is 2.54. The van der Waals surface area contributed by atoms with E-state index in [0.717, 1.165) is 5.56 Å². The number of allylic oxidation sites excluding steroid dienone is 4. The number of hydrogen-bond acceptors (Lipinski definition) is 4. The van der Waals surface area contributed by atoms with Gasteiger partial charge in [0.1, 0.15) is 5.75 Å². The highest BCUT2D eigenvalue weighted by Crippen LogP contribution is 2.37. The van der Waals surface area contributed by atoms with E-state index in [2.05, 4.69) is 40.7 Å². The van der Waals surface area contributed by atoms with E-state index in [9.17, 15) is 5.11 Å². The normalized spacial score (nSPS) is 13.1. The Balaban J connectivity index is 0.000000483. The lowest BCUT2D eigenvalue weighted by molar-refractivity contribution is 0.448. The molecule has 0 bridgehead atoms. The second-order valence-corrected chi connectivity index (χ2v) is 6.96. The Morgan fingerprint density at radius 2 is 1.40 bits per heavy atom. The Hall–Kier alpha value is -2.36. The molecule has 1 aliphatic carbocycles. The van der Waals surface area contributed by atoms with Gasteiger partial charge in [-0.05, 0) is 35.1 Å². The second-order valence-electron chi connectivity index (χ2n) is 6.96. The van der Waals surface area contributed by atoms with E-state index in [0.29, 0.717) is 11.6 Å². The zero-order valence-electron chi connectivity index (χ0n) is 16.6. The van der Waals surface area contributed by atoms with Crippen LogP contribution in [0.3, 0.4) is 0 Å². The van der Waals surface area contributed by atoms with Gasteiger partial charge in [0.15, 0.2) is 0 Å². The fourth-order valence-electron chi connectivity index (χ4n) is 2.07.